The largest absolute Gasteiger partial charge is 0.345 e. The molecule has 1 rings (SSSR count). The number of hydrogen-bond donors (Lipinski definition) is 1. The fourth-order valence-corrected chi connectivity index (χ4v) is 2.48. The van der Waals surface area contributed by atoms with Gasteiger partial charge in [-0.1, -0.05) is 20.8 Å². The Morgan fingerprint density at radius 1 is 1.53 bits per heavy atom. The number of hydrogen-bond acceptors (Lipinski definition) is 4. The van der Waals surface area contributed by atoms with E-state index in [0.717, 1.165) is 11.6 Å². The van der Waals surface area contributed by atoms with Crippen LogP contribution in [0.5, 0.6) is 0 Å². The van der Waals surface area contributed by atoms with Gasteiger partial charge in [-0.05, 0) is 13.8 Å². The Morgan fingerprint density at radius 2 is 2.16 bits per heavy atom. The zero-order valence-corrected chi connectivity index (χ0v) is 13.6. The lowest BCUT2D eigenvalue weighted by Gasteiger charge is -2.20. The Bertz CT molecular complexity index is 423. The molecule has 1 unspecified atom stereocenters. The highest BCUT2D eigenvalue weighted by atomic mass is 32.1. The molecule has 0 bridgehead atoms. The molecule has 1 N–H and O–H groups in total. The fourth-order valence-electron chi connectivity index (χ4n) is 1.56. The molecule has 0 radical (unpaired) electrons. The van der Waals surface area contributed by atoms with Crippen molar-refractivity contribution >= 4 is 17.2 Å². The van der Waals surface area contributed by atoms with Crippen LogP contribution in [0.25, 0.3) is 0 Å². The standard InChI is InChI=1S/C14H25N3OS/c1-7-17(6)12(18)10(2)15-8-11-9-16-13(19-11)14(3,4)5/h9-10,15H,7-8H2,1-6H3. The summed E-state index contributed by atoms with van der Waals surface area (Å²) in [5, 5.41) is 4.39. The van der Waals surface area contributed by atoms with Gasteiger partial charge in [0, 0.05) is 36.6 Å². The third-order valence-corrected chi connectivity index (χ3v) is 4.42. The Morgan fingerprint density at radius 3 is 2.63 bits per heavy atom. The lowest BCUT2D eigenvalue weighted by Crippen LogP contribution is -2.42. The number of nitrogens with zero attached hydrogens (tertiary/aromatic N) is 2. The molecule has 1 heterocycles. The highest BCUT2D eigenvalue weighted by molar-refractivity contribution is 7.11. The van der Waals surface area contributed by atoms with Crippen LogP contribution in [0.1, 0.15) is 44.5 Å². The molecule has 19 heavy (non-hydrogen) atoms. The number of carbonyl (C=O) groups excluding carboxylic acids is 1. The molecule has 1 atom stereocenters. The van der Waals surface area contributed by atoms with Crippen LogP contribution in [0.4, 0.5) is 0 Å². The zero-order chi connectivity index (χ0) is 14.6. The summed E-state index contributed by atoms with van der Waals surface area (Å²) in [6.07, 6.45) is 1.90. The minimum Gasteiger partial charge on any atom is -0.345 e. The van der Waals surface area contributed by atoms with Crippen molar-refractivity contribution in [2.24, 2.45) is 0 Å². The van der Waals surface area contributed by atoms with Gasteiger partial charge in [-0.25, -0.2) is 4.98 Å². The number of nitrogens with one attached hydrogen (secondary N) is 1. The summed E-state index contributed by atoms with van der Waals surface area (Å²) >= 11 is 1.71. The Labute approximate surface area is 120 Å². The van der Waals surface area contributed by atoms with E-state index in [0.29, 0.717) is 6.54 Å². The predicted octanol–water partition coefficient (Wildman–Crippen LogP) is 2.40. The van der Waals surface area contributed by atoms with Gasteiger partial charge in [-0.15, -0.1) is 11.3 Å². The molecule has 1 aromatic heterocycles. The van der Waals surface area contributed by atoms with Gasteiger partial charge in [0.15, 0.2) is 0 Å². The molecule has 5 heteroatoms. The van der Waals surface area contributed by atoms with E-state index in [1.165, 1.54) is 4.88 Å². The number of likely N-dealkylation sites (N-methyl/N-ethyl adjacent to an activating group) is 1. The maximum absolute atomic E-state index is 11.9. The third-order valence-electron chi connectivity index (χ3n) is 3.00. The van der Waals surface area contributed by atoms with Crippen molar-refractivity contribution < 1.29 is 4.79 Å². The van der Waals surface area contributed by atoms with E-state index in [4.69, 9.17) is 0 Å². The normalized spacial score (nSPS) is 13.4. The lowest BCUT2D eigenvalue weighted by atomic mass is 9.98. The molecule has 108 valence electrons. The van der Waals surface area contributed by atoms with Gasteiger partial charge in [0.2, 0.25) is 5.91 Å². The smallest absolute Gasteiger partial charge is 0.239 e. The van der Waals surface area contributed by atoms with Crippen LogP contribution in [-0.4, -0.2) is 35.4 Å². The van der Waals surface area contributed by atoms with Gasteiger partial charge in [0.25, 0.3) is 0 Å². The van der Waals surface area contributed by atoms with Crippen LogP contribution in [0.2, 0.25) is 0 Å². The quantitative estimate of drug-likeness (QED) is 0.902. The number of thiazole rings is 1. The van der Waals surface area contributed by atoms with Gasteiger partial charge in [-0.3, -0.25) is 4.79 Å². The Balaban J connectivity index is 2.53. The van der Waals surface area contributed by atoms with Crippen molar-refractivity contribution in [1.82, 2.24) is 15.2 Å². The molecule has 1 amide bonds. The van der Waals surface area contributed by atoms with E-state index in [9.17, 15) is 4.79 Å². The van der Waals surface area contributed by atoms with E-state index in [1.54, 1.807) is 16.2 Å². The van der Waals surface area contributed by atoms with Crippen LogP contribution >= 0.6 is 11.3 Å². The second kappa shape index (κ2) is 6.48. The molecule has 0 aliphatic carbocycles. The molecular formula is C14H25N3OS. The van der Waals surface area contributed by atoms with Crippen LogP contribution in [0.15, 0.2) is 6.20 Å². The molecule has 1 aromatic rings. The minimum atomic E-state index is -0.162. The maximum atomic E-state index is 11.9. The van der Waals surface area contributed by atoms with Crippen molar-refractivity contribution in [3.05, 3.63) is 16.1 Å². The molecule has 0 saturated heterocycles. The van der Waals surface area contributed by atoms with Gasteiger partial charge < -0.3 is 10.2 Å². The van der Waals surface area contributed by atoms with Crippen LogP contribution in [0, 0.1) is 0 Å². The van der Waals surface area contributed by atoms with Crippen molar-refractivity contribution in [3.63, 3.8) is 0 Å². The second-order valence-electron chi connectivity index (χ2n) is 5.84. The van der Waals surface area contributed by atoms with E-state index in [2.05, 4.69) is 31.1 Å². The van der Waals surface area contributed by atoms with E-state index < -0.39 is 0 Å². The Kier molecular flexibility index (Phi) is 5.50. The summed E-state index contributed by atoms with van der Waals surface area (Å²) in [6.45, 7) is 11.8. The van der Waals surface area contributed by atoms with E-state index in [1.807, 2.05) is 27.1 Å². The van der Waals surface area contributed by atoms with Crippen molar-refractivity contribution in [2.75, 3.05) is 13.6 Å². The van der Waals surface area contributed by atoms with Crippen LogP contribution < -0.4 is 5.32 Å². The highest BCUT2D eigenvalue weighted by Crippen LogP contribution is 2.26. The molecule has 0 saturated carbocycles. The highest BCUT2D eigenvalue weighted by Gasteiger charge is 2.19. The monoisotopic (exact) mass is 283 g/mol. The summed E-state index contributed by atoms with van der Waals surface area (Å²) in [4.78, 5) is 19.3. The number of aromatic nitrogens is 1. The first kappa shape index (κ1) is 16.1. The second-order valence-corrected chi connectivity index (χ2v) is 6.95. The topological polar surface area (TPSA) is 45.2 Å². The molecule has 0 aromatic carbocycles. The van der Waals surface area contributed by atoms with Gasteiger partial charge in [-0.2, -0.15) is 0 Å². The van der Waals surface area contributed by atoms with Gasteiger partial charge in [0.1, 0.15) is 0 Å². The van der Waals surface area contributed by atoms with Crippen molar-refractivity contribution in [3.8, 4) is 0 Å². The molecule has 0 aliphatic heterocycles. The van der Waals surface area contributed by atoms with E-state index >= 15 is 0 Å². The zero-order valence-electron chi connectivity index (χ0n) is 12.8. The maximum Gasteiger partial charge on any atom is 0.239 e. The summed E-state index contributed by atoms with van der Waals surface area (Å²) in [5.41, 5.74) is 0.0901. The molecule has 0 fully saturated rings. The summed E-state index contributed by atoms with van der Waals surface area (Å²) in [5.74, 6) is 0.128. The average molecular weight is 283 g/mol. The third kappa shape index (κ3) is 4.58. The lowest BCUT2D eigenvalue weighted by molar-refractivity contribution is -0.131. The number of carbonyl (C=O) groups is 1. The molecule has 0 spiro atoms. The molecule has 4 nitrogen and oxygen atoms in total. The summed E-state index contributed by atoms with van der Waals surface area (Å²) in [7, 11) is 1.82. The van der Waals surface area contributed by atoms with Gasteiger partial charge >= 0.3 is 0 Å². The van der Waals surface area contributed by atoms with Crippen molar-refractivity contribution in [1.29, 1.82) is 0 Å². The van der Waals surface area contributed by atoms with Crippen molar-refractivity contribution in [2.45, 2.75) is 52.6 Å². The summed E-state index contributed by atoms with van der Waals surface area (Å²) < 4.78 is 0. The van der Waals surface area contributed by atoms with Gasteiger partial charge in [0.05, 0.1) is 11.0 Å². The minimum absolute atomic E-state index is 0.0901. The molecular weight excluding hydrogens is 258 g/mol. The van der Waals surface area contributed by atoms with Crippen LogP contribution in [0.3, 0.4) is 0 Å². The van der Waals surface area contributed by atoms with Crippen LogP contribution in [-0.2, 0) is 16.8 Å². The van der Waals surface area contributed by atoms with E-state index in [-0.39, 0.29) is 17.4 Å². The molecule has 0 aliphatic rings. The number of amides is 1. The Hall–Kier alpha value is -0.940. The first-order chi connectivity index (χ1) is 8.75. The summed E-state index contributed by atoms with van der Waals surface area (Å²) in [6, 6.07) is -0.162. The average Bonchev–Trinajstić information content (AvgIpc) is 2.82. The fraction of sp³-hybridized carbons (Fsp3) is 0.714. The first-order valence-electron chi connectivity index (χ1n) is 6.69. The predicted molar refractivity (Wildman–Crippen MR) is 80.4 cm³/mol. The number of rotatable bonds is 5. The first-order valence-corrected chi connectivity index (χ1v) is 7.51. The SMILES string of the molecule is CCN(C)C(=O)C(C)NCc1cnc(C(C)(C)C)s1.